The Bertz CT molecular complexity index is 1150. The molecule has 1 aliphatic carbocycles. The number of ether oxygens (including phenoxy) is 1. The number of carboxylic acids is 1. The van der Waals surface area contributed by atoms with Gasteiger partial charge in [0.2, 0.25) is 5.91 Å². The average molecular weight is 459 g/mol. The molecule has 0 aliphatic heterocycles. The summed E-state index contributed by atoms with van der Waals surface area (Å²) in [5.41, 5.74) is 4.99. The normalized spacial score (nSPS) is 13.8. The Balaban J connectivity index is 1.31. The summed E-state index contributed by atoms with van der Waals surface area (Å²) in [6, 6.07) is 22.9. The van der Waals surface area contributed by atoms with Crippen LogP contribution >= 0.6 is 0 Å². The number of alkyl carbamates (subject to hydrolysis) is 1. The van der Waals surface area contributed by atoms with E-state index in [1.807, 2.05) is 36.4 Å². The van der Waals surface area contributed by atoms with Gasteiger partial charge in [-0.05, 0) is 34.7 Å². The average Bonchev–Trinajstić information content (AvgIpc) is 3.15. The third kappa shape index (κ3) is 5.09. The highest BCUT2D eigenvalue weighted by Gasteiger charge is 2.29. The summed E-state index contributed by atoms with van der Waals surface area (Å²) in [4.78, 5) is 36.4. The summed E-state index contributed by atoms with van der Waals surface area (Å²) in [7, 11) is 0. The number of fused-ring (bicyclic) bond motifs is 3. The number of hydrogen-bond acceptors (Lipinski definition) is 4. The van der Waals surface area contributed by atoms with Gasteiger partial charge in [-0.3, -0.25) is 4.79 Å². The molecule has 0 fully saturated rings. The van der Waals surface area contributed by atoms with Crippen molar-refractivity contribution in [3.05, 3.63) is 95.6 Å². The molecule has 4 rings (SSSR count). The van der Waals surface area contributed by atoms with Crippen molar-refractivity contribution in [2.45, 2.75) is 31.3 Å². The summed E-state index contributed by atoms with van der Waals surface area (Å²) < 4.78 is 5.50. The summed E-state index contributed by atoms with van der Waals surface area (Å²) in [5, 5.41) is 14.6. The molecule has 0 radical (unpaired) electrons. The predicted octanol–water partition coefficient (Wildman–Crippen LogP) is 4.25. The van der Waals surface area contributed by atoms with Crippen LogP contribution in [0.1, 0.15) is 42.0 Å². The molecule has 0 aromatic heterocycles. The van der Waals surface area contributed by atoms with Gasteiger partial charge in [0.25, 0.3) is 0 Å². The number of carbonyl (C=O) groups is 3. The van der Waals surface area contributed by atoms with Crippen molar-refractivity contribution in [3.63, 3.8) is 0 Å². The van der Waals surface area contributed by atoms with Gasteiger partial charge in [0.1, 0.15) is 6.61 Å². The summed E-state index contributed by atoms with van der Waals surface area (Å²) in [6.07, 6.45) is -0.708. The van der Waals surface area contributed by atoms with Gasteiger partial charge in [-0.1, -0.05) is 78.9 Å². The molecule has 3 aromatic carbocycles. The van der Waals surface area contributed by atoms with Crippen molar-refractivity contribution in [1.82, 2.24) is 10.6 Å². The molecular weight excluding hydrogens is 432 g/mol. The Morgan fingerprint density at radius 1 is 0.853 bits per heavy atom. The van der Waals surface area contributed by atoms with Crippen molar-refractivity contribution in [2.24, 2.45) is 0 Å². The topological polar surface area (TPSA) is 105 Å². The Morgan fingerprint density at radius 3 is 2.00 bits per heavy atom. The molecule has 0 saturated carbocycles. The molecule has 1 aliphatic rings. The largest absolute Gasteiger partial charge is 0.479 e. The first-order valence-electron chi connectivity index (χ1n) is 11.1. The molecule has 0 bridgehead atoms. The van der Waals surface area contributed by atoms with Crippen LogP contribution in [0.3, 0.4) is 0 Å². The van der Waals surface area contributed by atoms with Crippen molar-refractivity contribution < 1.29 is 24.2 Å². The molecule has 174 valence electrons. The van der Waals surface area contributed by atoms with E-state index in [9.17, 15) is 19.5 Å². The molecule has 3 N–H and O–H groups in total. The number of hydrogen-bond donors (Lipinski definition) is 3. The zero-order chi connectivity index (χ0) is 24.1. The lowest BCUT2D eigenvalue weighted by Gasteiger charge is -2.19. The maximum Gasteiger partial charge on any atom is 0.407 e. The number of aliphatic carboxylic acids is 1. The van der Waals surface area contributed by atoms with Crippen LogP contribution in [0.15, 0.2) is 78.9 Å². The molecule has 7 nitrogen and oxygen atoms in total. The Kier molecular flexibility index (Phi) is 6.92. The molecule has 3 aromatic rings. The van der Waals surface area contributed by atoms with Crippen molar-refractivity contribution in [2.75, 3.05) is 6.61 Å². The number of nitrogens with one attached hydrogen (secondary N) is 2. The molecule has 0 unspecified atom stereocenters. The van der Waals surface area contributed by atoms with Crippen molar-refractivity contribution in [3.8, 4) is 11.1 Å². The second-order valence-corrected chi connectivity index (χ2v) is 8.32. The SMILES string of the molecule is C[C@H](CC(=O)N[C@H](C(=O)O)c1ccccc1)NC(=O)OCC1c2ccccc2-c2ccccc21. The van der Waals surface area contributed by atoms with E-state index >= 15 is 0 Å². The maximum absolute atomic E-state index is 12.4. The highest BCUT2D eigenvalue weighted by Crippen LogP contribution is 2.44. The lowest BCUT2D eigenvalue weighted by molar-refractivity contribution is -0.142. The van der Waals surface area contributed by atoms with Crippen LogP contribution in [-0.4, -0.2) is 35.7 Å². The van der Waals surface area contributed by atoms with Gasteiger partial charge in [0.15, 0.2) is 6.04 Å². The zero-order valence-electron chi connectivity index (χ0n) is 18.7. The van der Waals surface area contributed by atoms with Crippen LogP contribution in [0.5, 0.6) is 0 Å². The molecule has 34 heavy (non-hydrogen) atoms. The van der Waals surface area contributed by atoms with Crippen LogP contribution in [0.2, 0.25) is 0 Å². The van der Waals surface area contributed by atoms with Gasteiger partial charge in [0.05, 0.1) is 0 Å². The third-order valence-electron chi connectivity index (χ3n) is 5.88. The van der Waals surface area contributed by atoms with Gasteiger partial charge in [-0.2, -0.15) is 0 Å². The van der Waals surface area contributed by atoms with Gasteiger partial charge < -0.3 is 20.5 Å². The number of carboxylic acid groups (broad SMARTS) is 1. The van der Waals surface area contributed by atoms with Crippen LogP contribution in [0.25, 0.3) is 11.1 Å². The van der Waals surface area contributed by atoms with E-state index in [1.54, 1.807) is 37.3 Å². The summed E-state index contributed by atoms with van der Waals surface area (Å²) in [6.45, 7) is 1.84. The van der Waals surface area contributed by atoms with Gasteiger partial charge in [-0.15, -0.1) is 0 Å². The van der Waals surface area contributed by atoms with E-state index in [1.165, 1.54) is 0 Å². The lowest BCUT2D eigenvalue weighted by Crippen LogP contribution is -2.40. The smallest absolute Gasteiger partial charge is 0.407 e. The van der Waals surface area contributed by atoms with E-state index in [0.29, 0.717) is 5.56 Å². The van der Waals surface area contributed by atoms with Crippen LogP contribution in [-0.2, 0) is 14.3 Å². The van der Waals surface area contributed by atoms with E-state index in [2.05, 4.69) is 22.8 Å². The summed E-state index contributed by atoms with van der Waals surface area (Å²) in [5.74, 6) is -1.70. The molecule has 2 atom stereocenters. The minimum Gasteiger partial charge on any atom is -0.479 e. The van der Waals surface area contributed by atoms with Crippen molar-refractivity contribution in [1.29, 1.82) is 0 Å². The second kappa shape index (κ2) is 10.2. The quantitative estimate of drug-likeness (QED) is 0.468. The number of amides is 2. The summed E-state index contributed by atoms with van der Waals surface area (Å²) >= 11 is 0. The first kappa shape index (κ1) is 23.0. The predicted molar refractivity (Wildman–Crippen MR) is 127 cm³/mol. The van der Waals surface area contributed by atoms with Crippen LogP contribution < -0.4 is 10.6 Å². The minimum atomic E-state index is -1.16. The van der Waals surface area contributed by atoms with E-state index < -0.39 is 30.1 Å². The minimum absolute atomic E-state index is 0.0565. The van der Waals surface area contributed by atoms with Gasteiger partial charge in [0, 0.05) is 18.4 Å². The molecular formula is C27H26N2O5. The Labute approximate surface area is 197 Å². The maximum atomic E-state index is 12.4. The standard InChI is InChI=1S/C27H26N2O5/c1-17(15-24(30)29-25(26(31)32)18-9-3-2-4-10-18)28-27(33)34-16-23-21-13-7-5-11-19(21)20-12-6-8-14-22(20)23/h2-14,17,23,25H,15-16H2,1H3,(H,28,33)(H,29,30)(H,31,32)/t17-,25+/m1/s1. The molecule has 0 spiro atoms. The fraction of sp³-hybridized carbons (Fsp3) is 0.222. The highest BCUT2D eigenvalue weighted by atomic mass is 16.5. The van der Waals surface area contributed by atoms with E-state index in [-0.39, 0.29) is 18.9 Å². The Morgan fingerprint density at radius 2 is 1.41 bits per heavy atom. The molecule has 0 saturated heterocycles. The van der Waals surface area contributed by atoms with Crippen LogP contribution in [0, 0.1) is 0 Å². The monoisotopic (exact) mass is 458 g/mol. The fourth-order valence-corrected chi connectivity index (χ4v) is 4.32. The first-order valence-corrected chi connectivity index (χ1v) is 11.1. The Hall–Kier alpha value is -4.13. The van der Waals surface area contributed by atoms with Crippen molar-refractivity contribution >= 4 is 18.0 Å². The fourth-order valence-electron chi connectivity index (χ4n) is 4.32. The number of rotatable bonds is 8. The highest BCUT2D eigenvalue weighted by molar-refractivity contribution is 5.85. The van der Waals surface area contributed by atoms with Gasteiger partial charge >= 0.3 is 12.1 Å². The van der Waals surface area contributed by atoms with E-state index in [0.717, 1.165) is 22.3 Å². The number of benzene rings is 3. The molecule has 2 amide bonds. The van der Waals surface area contributed by atoms with E-state index in [4.69, 9.17) is 4.74 Å². The molecule has 7 heteroatoms. The number of carbonyl (C=O) groups excluding carboxylic acids is 2. The van der Waals surface area contributed by atoms with Gasteiger partial charge in [-0.25, -0.2) is 9.59 Å². The van der Waals surface area contributed by atoms with Crippen LogP contribution in [0.4, 0.5) is 4.79 Å². The zero-order valence-corrected chi connectivity index (χ0v) is 18.7. The second-order valence-electron chi connectivity index (χ2n) is 8.32. The molecule has 0 heterocycles. The first-order chi connectivity index (χ1) is 16.4. The lowest BCUT2D eigenvalue weighted by atomic mass is 9.98. The third-order valence-corrected chi connectivity index (χ3v) is 5.88.